The fourth-order valence-corrected chi connectivity index (χ4v) is 4.08. The van der Waals surface area contributed by atoms with Gasteiger partial charge >= 0.3 is 0 Å². The zero-order valence-electron chi connectivity index (χ0n) is 12.6. The van der Waals surface area contributed by atoms with Gasteiger partial charge in [-0.3, -0.25) is 9.69 Å². The highest BCUT2D eigenvalue weighted by atomic mass is 32.1. The quantitative estimate of drug-likeness (QED) is 0.846. The van der Waals surface area contributed by atoms with Crippen LogP contribution in [0, 0.1) is 5.92 Å². The molecule has 0 radical (unpaired) electrons. The van der Waals surface area contributed by atoms with Crippen LogP contribution >= 0.6 is 11.3 Å². The Morgan fingerprint density at radius 2 is 2.14 bits per heavy atom. The van der Waals surface area contributed by atoms with Gasteiger partial charge in [0.25, 0.3) is 5.91 Å². The number of piperidine rings is 1. The van der Waals surface area contributed by atoms with E-state index in [0.717, 1.165) is 24.6 Å². The molecule has 2 N–H and O–H groups in total. The molecule has 0 aromatic carbocycles. The molecule has 0 bridgehead atoms. The van der Waals surface area contributed by atoms with Gasteiger partial charge in [-0.25, -0.2) is 4.98 Å². The van der Waals surface area contributed by atoms with Gasteiger partial charge < -0.3 is 15.1 Å². The van der Waals surface area contributed by atoms with Gasteiger partial charge in [0.05, 0.1) is 18.8 Å². The summed E-state index contributed by atoms with van der Waals surface area (Å²) in [5.74, 6) is -0.170. The second kappa shape index (κ2) is 7.04. The minimum absolute atomic E-state index is 0.0241. The molecule has 1 aromatic rings. The highest BCUT2D eigenvalue weighted by Gasteiger charge is 2.30. The number of aromatic nitrogens is 1. The predicted molar refractivity (Wildman–Crippen MR) is 83.7 cm³/mol. The molecule has 0 saturated carbocycles. The van der Waals surface area contributed by atoms with Gasteiger partial charge in [0.15, 0.2) is 0 Å². The summed E-state index contributed by atoms with van der Waals surface area (Å²) in [5.41, 5.74) is 0. The lowest BCUT2D eigenvalue weighted by Crippen LogP contribution is -2.47. The van der Waals surface area contributed by atoms with Crippen LogP contribution < -0.4 is 0 Å². The lowest BCUT2D eigenvalue weighted by atomic mass is 9.95. The number of aliphatic hydroxyl groups excluding tert-OH is 2. The van der Waals surface area contributed by atoms with E-state index < -0.39 is 6.10 Å². The van der Waals surface area contributed by atoms with Crippen LogP contribution in [0.2, 0.25) is 0 Å². The van der Waals surface area contributed by atoms with Gasteiger partial charge in [0, 0.05) is 25.6 Å². The van der Waals surface area contributed by atoms with Gasteiger partial charge in [0.1, 0.15) is 9.88 Å². The van der Waals surface area contributed by atoms with Crippen molar-refractivity contribution in [3.63, 3.8) is 0 Å². The average molecular weight is 325 g/mol. The summed E-state index contributed by atoms with van der Waals surface area (Å²) in [6, 6.07) is 0. The summed E-state index contributed by atoms with van der Waals surface area (Å²) in [6.45, 7) is 3.91. The Bertz CT molecular complexity index is 516. The Hall–Kier alpha value is -1.02. The van der Waals surface area contributed by atoms with Crippen molar-refractivity contribution in [2.24, 2.45) is 5.92 Å². The van der Waals surface area contributed by atoms with E-state index in [4.69, 9.17) is 5.11 Å². The topological polar surface area (TPSA) is 76.9 Å². The minimum Gasteiger partial charge on any atom is -0.396 e. The Labute approximate surface area is 134 Å². The van der Waals surface area contributed by atoms with Gasteiger partial charge in [-0.15, -0.1) is 11.3 Å². The largest absolute Gasteiger partial charge is 0.396 e. The number of likely N-dealkylation sites (tertiary alicyclic amines) is 2. The van der Waals surface area contributed by atoms with Crippen LogP contribution in [0.3, 0.4) is 0 Å². The zero-order valence-corrected chi connectivity index (χ0v) is 13.5. The first-order chi connectivity index (χ1) is 10.7. The molecular weight excluding hydrogens is 302 g/mol. The maximum absolute atomic E-state index is 12.5. The second-order valence-corrected chi connectivity index (χ2v) is 7.27. The normalized spacial score (nSPS) is 26.5. The van der Waals surface area contributed by atoms with Crippen molar-refractivity contribution < 1.29 is 15.0 Å². The highest BCUT2D eigenvalue weighted by Crippen LogP contribution is 2.23. The third kappa shape index (κ3) is 3.48. The molecule has 3 rings (SSSR count). The van der Waals surface area contributed by atoms with E-state index in [1.807, 2.05) is 0 Å². The third-order valence-corrected chi connectivity index (χ3v) is 5.54. The minimum atomic E-state index is -0.639. The van der Waals surface area contributed by atoms with E-state index in [9.17, 15) is 9.90 Å². The average Bonchev–Trinajstić information content (AvgIpc) is 3.19. The van der Waals surface area contributed by atoms with Crippen LogP contribution in [-0.2, 0) is 6.54 Å². The van der Waals surface area contributed by atoms with E-state index in [2.05, 4.69) is 9.88 Å². The van der Waals surface area contributed by atoms with E-state index in [1.165, 1.54) is 24.2 Å². The highest BCUT2D eigenvalue weighted by molar-refractivity contribution is 7.13. The Morgan fingerprint density at radius 1 is 1.36 bits per heavy atom. The molecule has 122 valence electrons. The van der Waals surface area contributed by atoms with E-state index >= 15 is 0 Å². The van der Waals surface area contributed by atoms with Crippen molar-refractivity contribution >= 4 is 17.2 Å². The summed E-state index contributed by atoms with van der Waals surface area (Å²) in [6.07, 6.45) is 4.15. The number of hydrogen-bond acceptors (Lipinski definition) is 6. The number of carbonyl (C=O) groups is 1. The molecule has 0 spiro atoms. The molecule has 1 amide bonds. The fourth-order valence-electron chi connectivity index (χ4n) is 3.15. The molecule has 0 unspecified atom stereocenters. The Kier molecular flexibility index (Phi) is 5.07. The summed E-state index contributed by atoms with van der Waals surface area (Å²) in [4.78, 5) is 21.6. The number of hydrogen-bond donors (Lipinski definition) is 2. The summed E-state index contributed by atoms with van der Waals surface area (Å²) in [5, 5.41) is 20.1. The van der Waals surface area contributed by atoms with Gasteiger partial charge in [-0.05, 0) is 32.4 Å². The number of carbonyl (C=O) groups excluding carboxylic acids is 1. The van der Waals surface area contributed by atoms with Crippen LogP contribution in [0.1, 0.15) is 33.9 Å². The predicted octanol–water partition coefficient (Wildman–Crippen LogP) is 0.554. The first-order valence-corrected chi connectivity index (χ1v) is 8.74. The van der Waals surface area contributed by atoms with Crippen molar-refractivity contribution in [2.45, 2.75) is 31.9 Å². The number of thiazole rings is 1. The van der Waals surface area contributed by atoms with Gasteiger partial charge in [-0.1, -0.05) is 0 Å². The van der Waals surface area contributed by atoms with Crippen molar-refractivity contribution in [1.82, 2.24) is 14.8 Å². The molecule has 1 aromatic heterocycles. The SMILES string of the molecule is O=C(c1cnc(CN2CCCC2)s1)N1CC[C@@H](CO)[C@H](O)C1. The lowest BCUT2D eigenvalue weighted by Gasteiger charge is -2.34. The molecule has 2 saturated heterocycles. The van der Waals surface area contributed by atoms with Crippen LogP contribution in [0.5, 0.6) is 0 Å². The van der Waals surface area contributed by atoms with E-state index in [1.54, 1.807) is 11.1 Å². The van der Waals surface area contributed by atoms with Gasteiger partial charge in [0.2, 0.25) is 0 Å². The number of amides is 1. The second-order valence-electron chi connectivity index (χ2n) is 6.15. The molecule has 2 fully saturated rings. The zero-order chi connectivity index (χ0) is 15.5. The lowest BCUT2D eigenvalue weighted by molar-refractivity contribution is 0.00105. The summed E-state index contributed by atoms with van der Waals surface area (Å²) < 4.78 is 0. The van der Waals surface area contributed by atoms with Crippen LogP contribution in [-0.4, -0.2) is 69.8 Å². The van der Waals surface area contributed by atoms with Crippen molar-refractivity contribution in [3.05, 3.63) is 16.1 Å². The monoisotopic (exact) mass is 325 g/mol. The number of nitrogens with zero attached hydrogens (tertiary/aromatic N) is 3. The molecule has 7 heteroatoms. The van der Waals surface area contributed by atoms with Crippen molar-refractivity contribution in [2.75, 3.05) is 32.8 Å². The molecule has 0 aliphatic carbocycles. The third-order valence-electron chi connectivity index (χ3n) is 4.57. The number of aliphatic hydroxyl groups is 2. The summed E-state index contributed by atoms with van der Waals surface area (Å²) in [7, 11) is 0. The maximum atomic E-state index is 12.5. The summed E-state index contributed by atoms with van der Waals surface area (Å²) >= 11 is 1.45. The standard InChI is InChI=1S/C15H23N3O3S/c19-10-11-3-6-18(8-12(11)20)15(21)13-7-16-14(22-13)9-17-4-1-2-5-17/h7,11-12,19-20H,1-6,8-10H2/t11-,12+/m0/s1. The Morgan fingerprint density at radius 3 is 2.82 bits per heavy atom. The van der Waals surface area contributed by atoms with Crippen molar-refractivity contribution in [1.29, 1.82) is 0 Å². The molecule has 22 heavy (non-hydrogen) atoms. The molecule has 6 nitrogen and oxygen atoms in total. The molecule has 2 aliphatic heterocycles. The maximum Gasteiger partial charge on any atom is 0.265 e. The fraction of sp³-hybridized carbons (Fsp3) is 0.733. The van der Waals surface area contributed by atoms with Gasteiger partial charge in [-0.2, -0.15) is 0 Å². The van der Waals surface area contributed by atoms with Crippen LogP contribution in [0.25, 0.3) is 0 Å². The molecular formula is C15H23N3O3S. The van der Waals surface area contributed by atoms with Crippen LogP contribution in [0.15, 0.2) is 6.20 Å². The molecule has 3 heterocycles. The van der Waals surface area contributed by atoms with Crippen LogP contribution in [0.4, 0.5) is 0 Å². The first-order valence-electron chi connectivity index (χ1n) is 7.92. The van der Waals surface area contributed by atoms with Crippen molar-refractivity contribution in [3.8, 4) is 0 Å². The molecule has 2 aliphatic rings. The van der Waals surface area contributed by atoms with E-state index in [-0.39, 0.29) is 18.4 Å². The molecule has 2 atom stereocenters. The first kappa shape index (κ1) is 15.9. The van der Waals surface area contributed by atoms with E-state index in [0.29, 0.717) is 24.4 Å². The smallest absolute Gasteiger partial charge is 0.265 e. The number of β-amino-alcohol motifs (C(OH)–C–C–N with tert-alkyl or cyclic N) is 1. The Balaban J connectivity index is 1.59. The number of rotatable bonds is 4.